The summed E-state index contributed by atoms with van der Waals surface area (Å²) in [5, 5.41) is 0. The maximum atomic E-state index is 10.9. The fourth-order valence-corrected chi connectivity index (χ4v) is 1.29. The Morgan fingerprint density at radius 1 is 1.64 bits per heavy atom. The molecule has 1 saturated heterocycles. The molecule has 0 saturated carbocycles. The van der Waals surface area contributed by atoms with Crippen LogP contribution in [0.2, 0.25) is 0 Å². The van der Waals surface area contributed by atoms with E-state index in [4.69, 9.17) is 4.74 Å². The van der Waals surface area contributed by atoms with E-state index in [1.54, 1.807) is 11.8 Å². The summed E-state index contributed by atoms with van der Waals surface area (Å²) in [7, 11) is 1.84. The van der Waals surface area contributed by atoms with Crippen molar-refractivity contribution in [3.8, 4) is 0 Å². The van der Waals surface area contributed by atoms with Crippen LogP contribution in [0.5, 0.6) is 0 Å². The molecule has 11 heavy (non-hydrogen) atoms. The van der Waals surface area contributed by atoms with Gasteiger partial charge in [-0.1, -0.05) is 0 Å². The average molecular weight is 157 g/mol. The molecular formula is C8H15NO2. The lowest BCUT2D eigenvalue weighted by Gasteiger charge is -2.30. The molecule has 1 heterocycles. The number of ether oxygens (including phenoxy) is 1. The largest absolute Gasteiger partial charge is 0.379 e. The zero-order valence-corrected chi connectivity index (χ0v) is 7.17. The van der Waals surface area contributed by atoms with Crippen molar-refractivity contribution in [1.82, 2.24) is 4.90 Å². The minimum absolute atomic E-state index is 0.125. The Balaban J connectivity index is 2.38. The highest BCUT2D eigenvalue weighted by molar-refractivity contribution is 5.73. The van der Waals surface area contributed by atoms with Crippen molar-refractivity contribution in [2.24, 2.45) is 0 Å². The van der Waals surface area contributed by atoms with E-state index in [1.807, 2.05) is 7.05 Å². The van der Waals surface area contributed by atoms with Crippen molar-refractivity contribution < 1.29 is 9.53 Å². The molecule has 1 amide bonds. The second kappa shape index (κ2) is 3.72. The van der Waals surface area contributed by atoms with Crippen LogP contribution in [0.25, 0.3) is 0 Å². The number of likely N-dealkylation sites (N-methyl/N-ethyl adjacent to an activating group) is 1. The Bertz CT molecular complexity index is 141. The third-order valence-corrected chi connectivity index (χ3v) is 2.18. The van der Waals surface area contributed by atoms with Gasteiger partial charge in [0.1, 0.15) is 0 Å². The molecule has 0 aromatic carbocycles. The monoisotopic (exact) mass is 157 g/mol. The minimum atomic E-state index is 0.125. The molecule has 0 aromatic rings. The molecule has 64 valence electrons. The first-order valence-corrected chi connectivity index (χ1v) is 4.03. The highest BCUT2D eigenvalue weighted by Gasteiger charge is 2.19. The second-order valence-corrected chi connectivity index (χ2v) is 3.00. The van der Waals surface area contributed by atoms with Gasteiger partial charge in [0, 0.05) is 20.6 Å². The zero-order chi connectivity index (χ0) is 8.27. The zero-order valence-electron chi connectivity index (χ0n) is 7.17. The number of hydrogen-bond donors (Lipinski definition) is 0. The number of rotatable bonds is 1. The first kappa shape index (κ1) is 8.53. The molecule has 1 fully saturated rings. The molecule has 0 spiro atoms. The fraction of sp³-hybridized carbons (Fsp3) is 0.875. The maximum absolute atomic E-state index is 10.9. The van der Waals surface area contributed by atoms with Gasteiger partial charge in [0.2, 0.25) is 5.91 Å². The third kappa shape index (κ3) is 2.19. The summed E-state index contributed by atoms with van der Waals surface area (Å²) in [5.74, 6) is 0.125. The van der Waals surface area contributed by atoms with E-state index in [0.717, 1.165) is 19.4 Å². The van der Waals surface area contributed by atoms with E-state index in [0.29, 0.717) is 12.6 Å². The van der Waals surface area contributed by atoms with Gasteiger partial charge in [-0.2, -0.15) is 0 Å². The smallest absolute Gasteiger partial charge is 0.219 e. The minimum Gasteiger partial charge on any atom is -0.379 e. The summed E-state index contributed by atoms with van der Waals surface area (Å²) in [6.45, 7) is 3.15. The van der Waals surface area contributed by atoms with E-state index in [-0.39, 0.29) is 5.91 Å². The summed E-state index contributed by atoms with van der Waals surface area (Å²) >= 11 is 0. The summed E-state index contributed by atoms with van der Waals surface area (Å²) in [5.41, 5.74) is 0. The molecule has 1 aliphatic heterocycles. The molecule has 0 N–H and O–H groups in total. The Kier molecular flexibility index (Phi) is 2.88. The molecule has 3 heteroatoms. The first-order valence-electron chi connectivity index (χ1n) is 4.03. The standard InChI is InChI=1S/C8H15NO2/c1-7(10)9(2)8-4-3-5-11-6-8/h8H,3-6H2,1-2H3. The van der Waals surface area contributed by atoms with Crippen molar-refractivity contribution in [3.63, 3.8) is 0 Å². The summed E-state index contributed by atoms with van der Waals surface area (Å²) in [6, 6.07) is 0.307. The van der Waals surface area contributed by atoms with Gasteiger partial charge in [0.05, 0.1) is 12.6 Å². The molecule has 1 atom stereocenters. The van der Waals surface area contributed by atoms with E-state index in [1.165, 1.54) is 0 Å². The third-order valence-electron chi connectivity index (χ3n) is 2.18. The molecule has 3 nitrogen and oxygen atoms in total. The number of carbonyl (C=O) groups excluding carboxylic acids is 1. The van der Waals surface area contributed by atoms with Gasteiger partial charge in [-0.05, 0) is 12.8 Å². The van der Waals surface area contributed by atoms with Crippen LogP contribution in [0.4, 0.5) is 0 Å². The van der Waals surface area contributed by atoms with Crippen LogP contribution in [-0.2, 0) is 9.53 Å². The van der Waals surface area contributed by atoms with Crippen LogP contribution in [0, 0.1) is 0 Å². The van der Waals surface area contributed by atoms with Gasteiger partial charge in [-0.3, -0.25) is 4.79 Å². The van der Waals surface area contributed by atoms with Crippen molar-refractivity contribution in [1.29, 1.82) is 0 Å². The van der Waals surface area contributed by atoms with E-state index in [9.17, 15) is 4.79 Å². The van der Waals surface area contributed by atoms with Crippen LogP contribution in [-0.4, -0.2) is 37.1 Å². The number of hydrogen-bond acceptors (Lipinski definition) is 2. The molecule has 0 bridgehead atoms. The van der Waals surface area contributed by atoms with Crippen molar-refractivity contribution in [2.45, 2.75) is 25.8 Å². The lowest BCUT2D eigenvalue weighted by Crippen LogP contribution is -2.41. The Labute approximate surface area is 67.3 Å². The van der Waals surface area contributed by atoms with Gasteiger partial charge in [0.15, 0.2) is 0 Å². The van der Waals surface area contributed by atoms with Crippen LogP contribution >= 0.6 is 0 Å². The van der Waals surface area contributed by atoms with E-state index >= 15 is 0 Å². The predicted octanol–water partition coefficient (Wildman–Crippen LogP) is 0.644. The molecule has 0 aromatic heterocycles. The van der Waals surface area contributed by atoms with Crippen molar-refractivity contribution in [2.75, 3.05) is 20.3 Å². The van der Waals surface area contributed by atoms with Crippen molar-refractivity contribution >= 4 is 5.91 Å². The van der Waals surface area contributed by atoms with Crippen LogP contribution in [0.3, 0.4) is 0 Å². The van der Waals surface area contributed by atoms with Gasteiger partial charge >= 0.3 is 0 Å². The second-order valence-electron chi connectivity index (χ2n) is 3.00. The molecule has 1 unspecified atom stereocenters. The Hall–Kier alpha value is -0.570. The van der Waals surface area contributed by atoms with E-state index in [2.05, 4.69) is 0 Å². The van der Waals surface area contributed by atoms with Gasteiger partial charge in [-0.15, -0.1) is 0 Å². The lowest BCUT2D eigenvalue weighted by molar-refractivity contribution is -0.132. The molecule has 1 aliphatic rings. The first-order chi connectivity index (χ1) is 5.22. The Morgan fingerprint density at radius 2 is 2.36 bits per heavy atom. The number of carbonyl (C=O) groups is 1. The number of amides is 1. The lowest BCUT2D eigenvalue weighted by atomic mass is 10.1. The van der Waals surface area contributed by atoms with E-state index < -0.39 is 0 Å². The van der Waals surface area contributed by atoms with Crippen LogP contribution in [0.15, 0.2) is 0 Å². The van der Waals surface area contributed by atoms with Crippen molar-refractivity contribution in [3.05, 3.63) is 0 Å². The normalized spacial score (nSPS) is 24.7. The highest BCUT2D eigenvalue weighted by atomic mass is 16.5. The summed E-state index contributed by atoms with van der Waals surface area (Å²) in [6.07, 6.45) is 2.15. The molecular weight excluding hydrogens is 142 g/mol. The average Bonchev–Trinajstić information content (AvgIpc) is 2.05. The highest BCUT2D eigenvalue weighted by Crippen LogP contribution is 2.11. The predicted molar refractivity (Wildman–Crippen MR) is 42.3 cm³/mol. The van der Waals surface area contributed by atoms with Crippen LogP contribution < -0.4 is 0 Å². The number of nitrogens with zero attached hydrogens (tertiary/aromatic N) is 1. The van der Waals surface area contributed by atoms with Gasteiger partial charge in [0.25, 0.3) is 0 Å². The van der Waals surface area contributed by atoms with Crippen LogP contribution in [0.1, 0.15) is 19.8 Å². The summed E-state index contributed by atoms with van der Waals surface area (Å²) < 4.78 is 5.26. The summed E-state index contributed by atoms with van der Waals surface area (Å²) in [4.78, 5) is 12.7. The fourth-order valence-electron chi connectivity index (χ4n) is 1.29. The quantitative estimate of drug-likeness (QED) is 0.559. The van der Waals surface area contributed by atoms with Gasteiger partial charge in [-0.25, -0.2) is 0 Å². The molecule has 0 radical (unpaired) electrons. The Morgan fingerprint density at radius 3 is 2.82 bits per heavy atom. The SMILES string of the molecule is CC(=O)N(C)C1CCCOC1. The molecule has 0 aliphatic carbocycles. The maximum Gasteiger partial charge on any atom is 0.219 e. The topological polar surface area (TPSA) is 29.5 Å². The molecule has 1 rings (SSSR count). The van der Waals surface area contributed by atoms with Gasteiger partial charge < -0.3 is 9.64 Å².